The van der Waals surface area contributed by atoms with Gasteiger partial charge >= 0.3 is 0 Å². The average molecular weight is 539 g/mol. The molecule has 0 amide bonds. The minimum Gasteiger partial charge on any atom is -0.385 e. The zero-order chi connectivity index (χ0) is 20.2. The fourth-order valence-corrected chi connectivity index (χ4v) is 4.08. The van der Waals surface area contributed by atoms with Gasteiger partial charge in [0.1, 0.15) is 0 Å². The van der Waals surface area contributed by atoms with Gasteiger partial charge in [0.15, 0.2) is 5.96 Å². The second-order valence-electron chi connectivity index (χ2n) is 7.61. The van der Waals surface area contributed by atoms with Gasteiger partial charge in [-0.05, 0) is 52.2 Å². The molecule has 0 saturated carbocycles. The Morgan fingerprint density at radius 3 is 2.72 bits per heavy atom. The highest BCUT2D eigenvalue weighted by atomic mass is 127. The van der Waals surface area contributed by atoms with Gasteiger partial charge in [0, 0.05) is 58.9 Å². The second kappa shape index (κ2) is 15.3. The summed E-state index contributed by atoms with van der Waals surface area (Å²) in [6.45, 7) is 10.1. The average Bonchev–Trinajstić information content (AvgIpc) is 3.10. The molecule has 0 bridgehead atoms. The standard InChI is InChI=1S/C20H38N6OS.HI/c1-17-24-19(16-28-17)15-26-10-6-18(7-11-26)14-23-20(21-2)22-8-12-25(3)9-5-13-27-4;/h16,18H,5-15H2,1-4H3,(H2,21,22,23);1H. The summed E-state index contributed by atoms with van der Waals surface area (Å²) in [7, 11) is 5.74. The molecule has 29 heavy (non-hydrogen) atoms. The van der Waals surface area contributed by atoms with Crippen molar-refractivity contribution in [1.82, 2.24) is 25.4 Å². The molecule has 1 fully saturated rings. The van der Waals surface area contributed by atoms with Crippen LogP contribution in [-0.2, 0) is 11.3 Å². The molecule has 2 rings (SSSR count). The Morgan fingerprint density at radius 1 is 1.34 bits per heavy atom. The molecule has 2 heterocycles. The van der Waals surface area contributed by atoms with Crippen LogP contribution in [0.2, 0.25) is 0 Å². The number of halogens is 1. The number of thiazole rings is 1. The van der Waals surface area contributed by atoms with Crippen molar-refractivity contribution >= 4 is 41.3 Å². The van der Waals surface area contributed by atoms with Gasteiger partial charge in [-0.2, -0.15) is 0 Å². The maximum absolute atomic E-state index is 5.10. The third-order valence-corrected chi connectivity index (χ3v) is 6.04. The number of likely N-dealkylation sites (N-methyl/N-ethyl adjacent to an activating group) is 1. The summed E-state index contributed by atoms with van der Waals surface area (Å²) in [5.41, 5.74) is 1.22. The fraction of sp³-hybridized carbons (Fsp3) is 0.800. The number of guanidine groups is 1. The Hall–Kier alpha value is -0.490. The summed E-state index contributed by atoms with van der Waals surface area (Å²) in [6, 6.07) is 0. The normalized spacial score (nSPS) is 16.1. The number of hydrogen-bond donors (Lipinski definition) is 2. The van der Waals surface area contributed by atoms with Gasteiger partial charge in [0.05, 0.1) is 10.7 Å². The van der Waals surface area contributed by atoms with Crippen LogP contribution in [0.3, 0.4) is 0 Å². The Morgan fingerprint density at radius 2 is 2.10 bits per heavy atom. The third-order valence-electron chi connectivity index (χ3n) is 5.22. The molecular weight excluding hydrogens is 499 g/mol. The van der Waals surface area contributed by atoms with Gasteiger partial charge in [-0.25, -0.2) is 4.98 Å². The maximum Gasteiger partial charge on any atom is 0.191 e. The lowest BCUT2D eigenvalue weighted by Gasteiger charge is -2.31. The Labute approximate surface area is 197 Å². The molecule has 0 spiro atoms. The zero-order valence-electron chi connectivity index (χ0n) is 18.4. The maximum atomic E-state index is 5.10. The lowest BCUT2D eigenvalue weighted by molar-refractivity contribution is 0.176. The second-order valence-corrected chi connectivity index (χ2v) is 8.67. The first-order valence-electron chi connectivity index (χ1n) is 10.4. The Balaban J connectivity index is 0.00000420. The van der Waals surface area contributed by atoms with Crippen molar-refractivity contribution in [1.29, 1.82) is 0 Å². The highest BCUT2D eigenvalue weighted by molar-refractivity contribution is 14.0. The largest absolute Gasteiger partial charge is 0.385 e. The van der Waals surface area contributed by atoms with E-state index in [9.17, 15) is 0 Å². The first-order chi connectivity index (χ1) is 13.6. The van der Waals surface area contributed by atoms with Crippen molar-refractivity contribution in [2.24, 2.45) is 10.9 Å². The van der Waals surface area contributed by atoms with E-state index in [4.69, 9.17) is 4.74 Å². The predicted octanol–water partition coefficient (Wildman–Crippen LogP) is 2.41. The van der Waals surface area contributed by atoms with Gasteiger partial charge in [-0.15, -0.1) is 35.3 Å². The first kappa shape index (κ1) is 26.5. The van der Waals surface area contributed by atoms with Crippen LogP contribution in [0.4, 0.5) is 0 Å². The van der Waals surface area contributed by atoms with E-state index in [1.54, 1.807) is 18.4 Å². The SMILES string of the molecule is CN=C(NCCN(C)CCCOC)NCC1CCN(Cc2csc(C)n2)CC1.I. The molecule has 1 saturated heterocycles. The molecule has 1 aromatic rings. The highest BCUT2D eigenvalue weighted by Gasteiger charge is 2.20. The van der Waals surface area contributed by atoms with Crippen LogP contribution in [0.15, 0.2) is 10.4 Å². The number of methoxy groups -OCH3 is 1. The molecule has 1 aromatic heterocycles. The molecule has 9 heteroatoms. The number of aromatic nitrogens is 1. The molecule has 2 N–H and O–H groups in total. The number of piperidine rings is 1. The molecule has 7 nitrogen and oxygen atoms in total. The van der Waals surface area contributed by atoms with E-state index in [2.05, 4.69) is 49.8 Å². The number of rotatable bonds is 11. The van der Waals surface area contributed by atoms with E-state index in [0.29, 0.717) is 5.92 Å². The van der Waals surface area contributed by atoms with E-state index in [0.717, 1.165) is 69.8 Å². The van der Waals surface area contributed by atoms with Gasteiger partial charge in [-0.1, -0.05) is 0 Å². The molecule has 0 aromatic carbocycles. The summed E-state index contributed by atoms with van der Waals surface area (Å²) in [5, 5.41) is 10.3. The number of aryl methyl sites for hydroxylation is 1. The van der Waals surface area contributed by atoms with Gasteiger partial charge < -0.3 is 20.3 Å². The third kappa shape index (κ3) is 10.9. The van der Waals surface area contributed by atoms with E-state index >= 15 is 0 Å². The van der Waals surface area contributed by atoms with Crippen molar-refractivity contribution in [3.63, 3.8) is 0 Å². The first-order valence-corrected chi connectivity index (χ1v) is 11.2. The quantitative estimate of drug-likeness (QED) is 0.195. The Kier molecular flexibility index (Phi) is 14.0. The highest BCUT2D eigenvalue weighted by Crippen LogP contribution is 2.19. The zero-order valence-corrected chi connectivity index (χ0v) is 21.6. The van der Waals surface area contributed by atoms with E-state index in [-0.39, 0.29) is 24.0 Å². The minimum atomic E-state index is 0. The number of nitrogens with one attached hydrogen (secondary N) is 2. The van der Waals surface area contributed by atoms with Crippen LogP contribution in [-0.4, -0.2) is 87.8 Å². The Bertz CT molecular complexity index is 577. The number of hydrogen-bond acceptors (Lipinski definition) is 6. The lowest BCUT2D eigenvalue weighted by Crippen LogP contribution is -2.44. The molecule has 1 aliphatic rings. The summed E-state index contributed by atoms with van der Waals surface area (Å²) in [6.07, 6.45) is 3.53. The summed E-state index contributed by atoms with van der Waals surface area (Å²) in [4.78, 5) is 13.8. The van der Waals surface area contributed by atoms with Crippen molar-refractivity contribution in [2.45, 2.75) is 32.7 Å². The molecule has 1 aliphatic heterocycles. The molecule has 168 valence electrons. The van der Waals surface area contributed by atoms with E-state index in [1.165, 1.54) is 18.5 Å². The minimum absolute atomic E-state index is 0. The number of aliphatic imine (C=N–C) groups is 1. The van der Waals surface area contributed by atoms with Crippen molar-refractivity contribution in [3.05, 3.63) is 16.1 Å². The van der Waals surface area contributed by atoms with Crippen LogP contribution >= 0.6 is 35.3 Å². The van der Waals surface area contributed by atoms with Crippen LogP contribution in [0.1, 0.15) is 30.0 Å². The predicted molar refractivity (Wildman–Crippen MR) is 134 cm³/mol. The van der Waals surface area contributed by atoms with Crippen LogP contribution in [0.5, 0.6) is 0 Å². The van der Waals surface area contributed by atoms with Gasteiger partial charge in [0.25, 0.3) is 0 Å². The van der Waals surface area contributed by atoms with Crippen LogP contribution in [0, 0.1) is 12.8 Å². The number of ether oxygens (including phenoxy) is 1. The summed E-state index contributed by atoms with van der Waals surface area (Å²) < 4.78 is 5.10. The van der Waals surface area contributed by atoms with Crippen molar-refractivity contribution in [3.8, 4) is 0 Å². The van der Waals surface area contributed by atoms with E-state index < -0.39 is 0 Å². The topological polar surface area (TPSA) is 65.0 Å². The van der Waals surface area contributed by atoms with Crippen molar-refractivity contribution in [2.75, 3.05) is 67.1 Å². The fourth-order valence-electron chi connectivity index (χ4n) is 3.48. The summed E-state index contributed by atoms with van der Waals surface area (Å²) in [5.74, 6) is 1.62. The monoisotopic (exact) mass is 538 g/mol. The van der Waals surface area contributed by atoms with Gasteiger partial charge in [0.2, 0.25) is 0 Å². The van der Waals surface area contributed by atoms with Gasteiger partial charge in [-0.3, -0.25) is 9.89 Å². The molecular formula is C20H39IN6OS. The van der Waals surface area contributed by atoms with E-state index in [1.807, 2.05) is 7.05 Å². The molecule has 0 aliphatic carbocycles. The summed E-state index contributed by atoms with van der Waals surface area (Å²) >= 11 is 1.74. The van der Waals surface area contributed by atoms with Crippen LogP contribution in [0.25, 0.3) is 0 Å². The number of nitrogens with zero attached hydrogens (tertiary/aromatic N) is 4. The molecule has 0 unspecified atom stereocenters. The molecule has 0 radical (unpaired) electrons. The smallest absolute Gasteiger partial charge is 0.191 e. The number of likely N-dealkylation sites (tertiary alicyclic amines) is 1. The van der Waals surface area contributed by atoms with Crippen molar-refractivity contribution < 1.29 is 4.74 Å². The van der Waals surface area contributed by atoms with Crippen LogP contribution < -0.4 is 10.6 Å². The molecule has 0 atom stereocenters. The lowest BCUT2D eigenvalue weighted by atomic mass is 9.97.